The summed E-state index contributed by atoms with van der Waals surface area (Å²) in [5.74, 6) is 1.48. The van der Waals surface area contributed by atoms with Crippen molar-refractivity contribution in [3.8, 4) is 17.3 Å². The molecule has 3 heteroatoms. The molecule has 26 heavy (non-hydrogen) atoms. The normalized spacial score (nSPS) is 11.3. The van der Waals surface area contributed by atoms with E-state index in [2.05, 4.69) is 58.0 Å². The minimum absolute atomic E-state index is 0.695. The van der Waals surface area contributed by atoms with E-state index in [0.717, 1.165) is 42.8 Å². The van der Waals surface area contributed by atoms with Gasteiger partial charge in [-0.1, -0.05) is 64.0 Å². The van der Waals surface area contributed by atoms with Gasteiger partial charge in [-0.25, -0.2) is 4.98 Å². The fourth-order valence-electron chi connectivity index (χ4n) is 3.26. The molecule has 1 aromatic heterocycles. The molecule has 3 nitrogen and oxygen atoms in total. The van der Waals surface area contributed by atoms with Gasteiger partial charge in [0, 0.05) is 16.8 Å². The van der Waals surface area contributed by atoms with Gasteiger partial charge in [0.2, 0.25) is 5.88 Å². The van der Waals surface area contributed by atoms with Crippen LogP contribution in [0.5, 0.6) is 5.88 Å². The van der Waals surface area contributed by atoms with Crippen LogP contribution in [0.15, 0.2) is 30.4 Å². The number of methoxy groups -OCH3 is 1. The van der Waals surface area contributed by atoms with Crippen molar-refractivity contribution in [1.29, 1.82) is 0 Å². The lowest BCUT2D eigenvalue weighted by Crippen LogP contribution is -2.05. The van der Waals surface area contributed by atoms with Crippen molar-refractivity contribution in [2.24, 2.45) is 0 Å². The van der Waals surface area contributed by atoms with Crippen molar-refractivity contribution >= 4 is 0 Å². The number of unbranched alkanes of at least 4 members (excludes halogenated alkanes) is 2. The minimum atomic E-state index is 0.695. The topological polar surface area (TPSA) is 35.0 Å². The summed E-state index contributed by atoms with van der Waals surface area (Å²) in [7, 11) is 1.70. The number of aromatic nitrogens is 2. The van der Waals surface area contributed by atoms with Crippen molar-refractivity contribution in [3.63, 3.8) is 0 Å². The molecule has 0 radical (unpaired) electrons. The lowest BCUT2D eigenvalue weighted by atomic mass is 9.96. The molecule has 140 valence electrons. The van der Waals surface area contributed by atoms with Crippen molar-refractivity contribution in [2.45, 2.75) is 66.2 Å². The van der Waals surface area contributed by atoms with Crippen molar-refractivity contribution in [3.05, 3.63) is 52.7 Å². The van der Waals surface area contributed by atoms with Crippen LogP contribution in [0, 0.1) is 6.92 Å². The number of rotatable bonds is 9. The Morgan fingerprint density at radius 3 is 2.27 bits per heavy atom. The molecular formula is C23H32N2O. The average Bonchev–Trinajstić information content (AvgIpc) is 2.67. The van der Waals surface area contributed by atoms with Crippen molar-refractivity contribution < 1.29 is 4.74 Å². The molecule has 0 unspecified atom stereocenters. The van der Waals surface area contributed by atoms with Crippen LogP contribution in [0.4, 0.5) is 0 Å². The zero-order valence-corrected chi connectivity index (χ0v) is 16.9. The van der Waals surface area contributed by atoms with Gasteiger partial charge in [0.1, 0.15) is 0 Å². The molecule has 0 saturated carbocycles. The maximum Gasteiger partial charge on any atom is 0.220 e. The molecule has 0 aliphatic heterocycles. The number of benzene rings is 1. The van der Waals surface area contributed by atoms with Gasteiger partial charge in [0.05, 0.1) is 7.11 Å². The molecule has 2 rings (SSSR count). The van der Waals surface area contributed by atoms with Crippen molar-refractivity contribution in [2.75, 3.05) is 7.11 Å². The van der Waals surface area contributed by atoms with Crippen LogP contribution in [-0.2, 0) is 19.3 Å². The Labute approximate surface area is 158 Å². The fourth-order valence-corrected chi connectivity index (χ4v) is 3.26. The Bertz CT molecular complexity index is 728. The molecule has 0 N–H and O–H groups in total. The molecule has 0 amide bonds. The highest BCUT2D eigenvalue weighted by molar-refractivity contribution is 5.66. The van der Waals surface area contributed by atoms with Crippen LogP contribution in [0.25, 0.3) is 11.4 Å². The van der Waals surface area contributed by atoms with Crippen molar-refractivity contribution in [1.82, 2.24) is 9.97 Å². The predicted octanol–water partition coefficient (Wildman–Crippen LogP) is 5.87. The van der Waals surface area contributed by atoms with Crippen LogP contribution >= 0.6 is 0 Å². The summed E-state index contributed by atoms with van der Waals surface area (Å²) in [6.07, 6.45) is 10.8. The largest absolute Gasteiger partial charge is 0.481 e. The summed E-state index contributed by atoms with van der Waals surface area (Å²) in [5, 5.41) is 0. The highest BCUT2D eigenvalue weighted by Gasteiger charge is 2.16. The Morgan fingerprint density at radius 2 is 1.69 bits per heavy atom. The highest BCUT2D eigenvalue weighted by atomic mass is 16.5. The van der Waals surface area contributed by atoms with E-state index >= 15 is 0 Å². The Morgan fingerprint density at radius 1 is 1.00 bits per heavy atom. The fraction of sp³-hybridized carbons (Fsp3) is 0.478. The van der Waals surface area contributed by atoms with Gasteiger partial charge < -0.3 is 4.74 Å². The first-order chi connectivity index (χ1) is 12.7. The van der Waals surface area contributed by atoms with Crippen LogP contribution in [0.1, 0.15) is 62.4 Å². The molecule has 0 bridgehead atoms. The minimum Gasteiger partial charge on any atom is -0.481 e. The van der Waals surface area contributed by atoms with E-state index in [0.29, 0.717) is 5.88 Å². The summed E-state index contributed by atoms with van der Waals surface area (Å²) in [6, 6.07) is 6.47. The second kappa shape index (κ2) is 10.1. The number of aryl methyl sites for hydroxylation is 3. The highest BCUT2D eigenvalue weighted by Crippen LogP contribution is 2.30. The van der Waals surface area contributed by atoms with Crippen LogP contribution < -0.4 is 4.74 Å². The van der Waals surface area contributed by atoms with Crippen LogP contribution in [-0.4, -0.2) is 17.1 Å². The first kappa shape index (κ1) is 20.2. The third-order valence-corrected chi connectivity index (χ3v) is 4.80. The van der Waals surface area contributed by atoms with Gasteiger partial charge in [-0.2, -0.15) is 4.98 Å². The standard InChI is InChI=1S/C23H32N2O/c1-6-9-10-11-12-16-20-17(4)24-22(25-23(20)26-5)21-18(7-2)14-13-15-19(21)8-3/h11-15H,6-10,16H2,1-5H3. The zero-order valence-electron chi connectivity index (χ0n) is 16.9. The number of nitrogens with zero attached hydrogens (tertiary/aromatic N) is 2. The van der Waals surface area contributed by atoms with E-state index < -0.39 is 0 Å². The number of allylic oxidation sites excluding steroid dienone is 2. The van der Waals surface area contributed by atoms with E-state index in [9.17, 15) is 0 Å². The number of hydrogen-bond acceptors (Lipinski definition) is 3. The van der Waals surface area contributed by atoms with Gasteiger partial charge in [0.25, 0.3) is 0 Å². The van der Waals surface area contributed by atoms with Crippen LogP contribution in [0.3, 0.4) is 0 Å². The summed E-state index contributed by atoms with van der Waals surface area (Å²) < 4.78 is 5.63. The Kier molecular flexibility index (Phi) is 7.83. The quantitative estimate of drug-likeness (QED) is 0.418. The summed E-state index contributed by atoms with van der Waals surface area (Å²) >= 11 is 0. The average molecular weight is 353 g/mol. The second-order valence-electron chi connectivity index (χ2n) is 6.60. The van der Waals surface area contributed by atoms with E-state index in [1.54, 1.807) is 7.11 Å². The van der Waals surface area contributed by atoms with Gasteiger partial charge in [-0.3, -0.25) is 0 Å². The lowest BCUT2D eigenvalue weighted by molar-refractivity contribution is 0.392. The molecule has 0 fully saturated rings. The molecular weight excluding hydrogens is 320 g/mol. The maximum atomic E-state index is 5.63. The van der Waals surface area contributed by atoms with E-state index in [1.165, 1.54) is 29.5 Å². The summed E-state index contributed by atoms with van der Waals surface area (Å²) in [5.41, 5.74) is 5.83. The Hall–Kier alpha value is -2.16. The molecule has 2 aromatic rings. The van der Waals surface area contributed by atoms with E-state index in [-0.39, 0.29) is 0 Å². The summed E-state index contributed by atoms with van der Waals surface area (Å²) in [6.45, 7) is 8.63. The van der Waals surface area contributed by atoms with Crippen LogP contribution in [0.2, 0.25) is 0 Å². The third-order valence-electron chi connectivity index (χ3n) is 4.80. The van der Waals surface area contributed by atoms with Gasteiger partial charge in [-0.15, -0.1) is 0 Å². The maximum absolute atomic E-state index is 5.63. The zero-order chi connectivity index (χ0) is 18.9. The predicted molar refractivity (Wildman–Crippen MR) is 110 cm³/mol. The SMILES string of the molecule is CCCCC=CCc1c(C)nc(-c2c(CC)cccc2CC)nc1OC. The molecule has 0 saturated heterocycles. The molecule has 0 spiro atoms. The number of hydrogen-bond donors (Lipinski definition) is 0. The van der Waals surface area contributed by atoms with Gasteiger partial charge in [-0.05, 0) is 43.7 Å². The smallest absolute Gasteiger partial charge is 0.220 e. The van der Waals surface area contributed by atoms with Gasteiger partial charge in [0.15, 0.2) is 5.82 Å². The first-order valence-electron chi connectivity index (χ1n) is 9.83. The molecule has 0 aliphatic rings. The molecule has 1 aromatic carbocycles. The summed E-state index contributed by atoms with van der Waals surface area (Å²) in [4.78, 5) is 9.65. The molecule has 0 aliphatic carbocycles. The molecule has 0 atom stereocenters. The van der Waals surface area contributed by atoms with E-state index in [4.69, 9.17) is 14.7 Å². The third kappa shape index (κ3) is 4.72. The van der Waals surface area contributed by atoms with Gasteiger partial charge >= 0.3 is 0 Å². The Balaban J connectivity index is 2.42. The second-order valence-corrected chi connectivity index (χ2v) is 6.60. The van der Waals surface area contributed by atoms with E-state index in [1.807, 2.05) is 0 Å². The molecule has 1 heterocycles. The lowest BCUT2D eigenvalue weighted by Gasteiger charge is -2.15. The first-order valence-corrected chi connectivity index (χ1v) is 9.83. The monoisotopic (exact) mass is 352 g/mol. The number of ether oxygens (including phenoxy) is 1.